The van der Waals surface area contributed by atoms with Crippen molar-refractivity contribution in [1.29, 1.82) is 0 Å². The van der Waals surface area contributed by atoms with Gasteiger partial charge in [0.1, 0.15) is 0 Å². The van der Waals surface area contributed by atoms with Crippen LogP contribution in [-0.2, 0) is 6.54 Å². The van der Waals surface area contributed by atoms with Crippen LogP contribution in [0.3, 0.4) is 0 Å². The topological polar surface area (TPSA) is 30.5 Å². The normalized spacial score (nSPS) is 10.0. The lowest BCUT2D eigenvalue weighted by atomic mass is 10.2. The number of rotatable bonds is 5. The lowest BCUT2D eigenvalue weighted by Crippen LogP contribution is -1.99. The van der Waals surface area contributed by atoms with Gasteiger partial charge in [-0.05, 0) is 34.5 Å². The van der Waals surface area contributed by atoms with Crippen molar-refractivity contribution in [2.45, 2.75) is 6.54 Å². The predicted octanol–water partition coefficient (Wildman–Crippen LogP) is 3.38. The number of thiophene rings is 1. The second-order valence-corrected chi connectivity index (χ2v) is 4.33. The fraction of sp³-hybridized carbons (Fsp3) is 0.231. The monoisotopic (exact) mass is 249 g/mol. The zero-order valence-corrected chi connectivity index (χ0v) is 10.7. The van der Waals surface area contributed by atoms with Crippen LogP contribution in [0, 0.1) is 0 Å². The Bertz CT molecular complexity index is 468. The van der Waals surface area contributed by atoms with Gasteiger partial charge in [-0.25, -0.2) is 0 Å². The number of ether oxygens (including phenoxy) is 2. The first-order chi connectivity index (χ1) is 8.33. The third-order valence-electron chi connectivity index (χ3n) is 2.46. The van der Waals surface area contributed by atoms with Crippen molar-refractivity contribution in [3.8, 4) is 11.5 Å². The second-order valence-electron chi connectivity index (χ2n) is 3.55. The number of benzene rings is 1. The van der Waals surface area contributed by atoms with E-state index in [9.17, 15) is 0 Å². The SMILES string of the molecule is COc1ccc(NCc2ccsc2)cc1OC. The number of methoxy groups -OCH3 is 2. The van der Waals surface area contributed by atoms with Gasteiger partial charge in [-0.15, -0.1) is 0 Å². The van der Waals surface area contributed by atoms with Gasteiger partial charge in [0.25, 0.3) is 0 Å². The Morgan fingerprint density at radius 1 is 1.12 bits per heavy atom. The van der Waals surface area contributed by atoms with Crippen LogP contribution >= 0.6 is 11.3 Å². The van der Waals surface area contributed by atoms with E-state index in [4.69, 9.17) is 9.47 Å². The molecule has 4 heteroatoms. The highest BCUT2D eigenvalue weighted by atomic mass is 32.1. The molecule has 1 N–H and O–H groups in total. The van der Waals surface area contributed by atoms with Crippen LogP contribution in [0.25, 0.3) is 0 Å². The zero-order valence-electron chi connectivity index (χ0n) is 9.90. The second kappa shape index (κ2) is 5.59. The molecule has 1 aromatic carbocycles. The van der Waals surface area contributed by atoms with E-state index in [0.717, 1.165) is 23.7 Å². The summed E-state index contributed by atoms with van der Waals surface area (Å²) in [5, 5.41) is 7.55. The summed E-state index contributed by atoms with van der Waals surface area (Å²) in [6.07, 6.45) is 0. The van der Waals surface area contributed by atoms with Crippen molar-refractivity contribution in [3.63, 3.8) is 0 Å². The largest absolute Gasteiger partial charge is 0.493 e. The lowest BCUT2D eigenvalue weighted by Gasteiger charge is -2.10. The van der Waals surface area contributed by atoms with E-state index in [1.54, 1.807) is 25.6 Å². The molecule has 1 heterocycles. The molecule has 0 fully saturated rings. The fourth-order valence-corrected chi connectivity index (χ4v) is 2.21. The summed E-state index contributed by atoms with van der Waals surface area (Å²) in [7, 11) is 3.27. The molecule has 90 valence electrons. The summed E-state index contributed by atoms with van der Waals surface area (Å²) in [6.45, 7) is 0.818. The first-order valence-corrected chi connectivity index (χ1v) is 6.24. The van der Waals surface area contributed by atoms with E-state index in [2.05, 4.69) is 22.1 Å². The zero-order chi connectivity index (χ0) is 12.1. The molecule has 0 bridgehead atoms. The van der Waals surface area contributed by atoms with Crippen molar-refractivity contribution in [3.05, 3.63) is 40.6 Å². The highest BCUT2D eigenvalue weighted by Crippen LogP contribution is 2.29. The summed E-state index contributed by atoms with van der Waals surface area (Å²) in [5.74, 6) is 1.48. The molecule has 2 aromatic rings. The third kappa shape index (κ3) is 2.91. The molecule has 0 spiro atoms. The van der Waals surface area contributed by atoms with E-state index in [1.165, 1.54) is 5.56 Å². The highest BCUT2D eigenvalue weighted by Gasteiger charge is 2.04. The quantitative estimate of drug-likeness (QED) is 0.881. The van der Waals surface area contributed by atoms with Gasteiger partial charge in [0.2, 0.25) is 0 Å². The van der Waals surface area contributed by atoms with Gasteiger partial charge in [-0.3, -0.25) is 0 Å². The third-order valence-corrected chi connectivity index (χ3v) is 3.19. The number of hydrogen-bond donors (Lipinski definition) is 1. The molecular weight excluding hydrogens is 234 g/mol. The van der Waals surface area contributed by atoms with E-state index >= 15 is 0 Å². The number of nitrogens with one attached hydrogen (secondary N) is 1. The maximum absolute atomic E-state index is 5.25. The van der Waals surface area contributed by atoms with Crippen LogP contribution in [0.4, 0.5) is 5.69 Å². The van der Waals surface area contributed by atoms with Gasteiger partial charge in [0, 0.05) is 18.3 Å². The molecule has 17 heavy (non-hydrogen) atoms. The molecule has 2 rings (SSSR count). The van der Waals surface area contributed by atoms with E-state index < -0.39 is 0 Å². The molecule has 0 aliphatic carbocycles. The molecular formula is C13H15NO2S. The van der Waals surface area contributed by atoms with Crippen molar-refractivity contribution < 1.29 is 9.47 Å². The summed E-state index contributed by atoms with van der Waals surface area (Å²) in [5.41, 5.74) is 2.30. The summed E-state index contributed by atoms with van der Waals surface area (Å²) in [6, 6.07) is 7.92. The van der Waals surface area contributed by atoms with Crippen LogP contribution in [0.5, 0.6) is 11.5 Å². The fourth-order valence-electron chi connectivity index (χ4n) is 1.54. The van der Waals surface area contributed by atoms with Crippen LogP contribution in [0.1, 0.15) is 5.56 Å². The molecule has 1 aromatic heterocycles. The van der Waals surface area contributed by atoms with Gasteiger partial charge < -0.3 is 14.8 Å². The minimum absolute atomic E-state index is 0.739. The Balaban J connectivity index is 2.06. The molecule has 3 nitrogen and oxygen atoms in total. The Kier molecular flexibility index (Phi) is 3.88. The smallest absolute Gasteiger partial charge is 0.162 e. The highest BCUT2D eigenvalue weighted by molar-refractivity contribution is 7.07. The molecule has 0 aliphatic rings. The molecule has 0 saturated heterocycles. The number of hydrogen-bond acceptors (Lipinski definition) is 4. The predicted molar refractivity (Wildman–Crippen MR) is 71.2 cm³/mol. The Morgan fingerprint density at radius 2 is 1.94 bits per heavy atom. The van der Waals surface area contributed by atoms with E-state index in [-0.39, 0.29) is 0 Å². The minimum Gasteiger partial charge on any atom is -0.493 e. The molecule has 0 unspecified atom stereocenters. The van der Waals surface area contributed by atoms with Gasteiger partial charge in [-0.1, -0.05) is 0 Å². The van der Waals surface area contributed by atoms with Crippen LogP contribution in [0.2, 0.25) is 0 Å². The van der Waals surface area contributed by atoms with Crippen molar-refractivity contribution >= 4 is 17.0 Å². The van der Waals surface area contributed by atoms with Crippen molar-refractivity contribution in [2.24, 2.45) is 0 Å². The Morgan fingerprint density at radius 3 is 2.59 bits per heavy atom. The average Bonchev–Trinajstić information content (AvgIpc) is 2.89. The summed E-state index contributed by atoms with van der Waals surface area (Å²) in [4.78, 5) is 0. The van der Waals surface area contributed by atoms with Gasteiger partial charge >= 0.3 is 0 Å². The lowest BCUT2D eigenvalue weighted by molar-refractivity contribution is 0.355. The Hall–Kier alpha value is -1.68. The maximum atomic E-state index is 5.25. The van der Waals surface area contributed by atoms with E-state index in [1.807, 2.05) is 18.2 Å². The van der Waals surface area contributed by atoms with E-state index in [0.29, 0.717) is 0 Å². The summed E-state index contributed by atoms with van der Waals surface area (Å²) < 4.78 is 10.4. The van der Waals surface area contributed by atoms with Gasteiger partial charge in [0.05, 0.1) is 14.2 Å². The van der Waals surface area contributed by atoms with Gasteiger partial charge in [0.15, 0.2) is 11.5 Å². The molecule has 0 amide bonds. The maximum Gasteiger partial charge on any atom is 0.162 e. The average molecular weight is 249 g/mol. The first kappa shape index (κ1) is 11.8. The summed E-state index contributed by atoms with van der Waals surface area (Å²) >= 11 is 1.70. The van der Waals surface area contributed by atoms with Crippen LogP contribution < -0.4 is 14.8 Å². The van der Waals surface area contributed by atoms with Crippen molar-refractivity contribution in [1.82, 2.24) is 0 Å². The minimum atomic E-state index is 0.739. The number of anilines is 1. The van der Waals surface area contributed by atoms with Crippen LogP contribution in [0.15, 0.2) is 35.0 Å². The molecule has 0 aliphatic heterocycles. The van der Waals surface area contributed by atoms with Crippen molar-refractivity contribution in [2.75, 3.05) is 19.5 Å². The Labute approximate surface area is 105 Å². The molecule has 0 radical (unpaired) electrons. The standard InChI is InChI=1S/C13H15NO2S/c1-15-12-4-3-11(7-13(12)16-2)14-8-10-5-6-17-9-10/h3-7,9,14H,8H2,1-2H3. The molecule has 0 atom stereocenters. The van der Waals surface area contributed by atoms with Crippen LogP contribution in [-0.4, -0.2) is 14.2 Å². The first-order valence-electron chi connectivity index (χ1n) is 5.30. The molecule has 0 saturated carbocycles. The van der Waals surface area contributed by atoms with Gasteiger partial charge in [-0.2, -0.15) is 11.3 Å².